The van der Waals surface area contributed by atoms with Gasteiger partial charge in [-0.25, -0.2) is 0 Å². The average molecular weight is 350 g/mol. The molecule has 0 saturated heterocycles. The first-order valence-electron chi connectivity index (χ1n) is 7.81. The monoisotopic (exact) mass is 350 g/mol. The van der Waals surface area contributed by atoms with Gasteiger partial charge in [0.2, 0.25) is 5.91 Å². The van der Waals surface area contributed by atoms with Crippen LogP contribution in [-0.2, 0) is 11.3 Å². The number of rotatable bonds is 3. The lowest BCUT2D eigenvalue weighted by Crippen LogP contribution is -2.42. The van der Waals surface area contributed by atoms with Crippen LogP contribution in [0.15, 0.2) is 48.5 Å². The molecule has 3 rings (SSSR count). The summed E-state index contributed by atoms with van der Waals surface area (Å²) in [7, 11) is 0. The highest BCUT2D eigenvalue weighted by atomic mass is 19.4. The number of halogens is 3. The second-order valence-corrected chi connectivity index (χ2v) is 5.91. The number of fused-ring (bicyclic) bond motifs is 1. The van der Waals surface area contributed by atoms with E-state index in [0.717, 1.165) is 11.1 Å². The molecular weight excluding hydrogens is 333 g/mol. The normalized spacial score (nSPS) is 19.8. The Morgan fingerprint density at radius 3 is 2.52 bits per heavy atom. The molecule has 0 fully saturated rings. The first-order chi connectivity index (χ1) is 11.8. The zero-order valence-electron chi connectivity index (χ0n) is 13.4. The van der Waals surface area contributed by atoms with Crippen LogP contribution in [0.2, 0.25) is 0 Å². The molecule has 0 saturated carbocycles. The zero-order valence-corrected chi connectivity index (χ0v) is 13.4. The van der Waals surface area contributed by atoms with E-state index < -0.39 is 6.36 Å². The summed E-state index contributed by atoms with van der Waals surface area (Å²) in [5.41, 5.74) is 2.44. The quantitative estimate of drug-likeness (QED) is 0.885. The first kappa shape index (κ1) is 17.3. The number of alkyl halides is 3. The van der Waals surface area contributed by atoms with Gasteiger partial charge >= 0.3 is 6.36 Å². The van der Waals surface area contributed by atoms with Crippen LogP contribution in [0.3, 0.4) is 0 Å². The summed E-state index contributed by atoms with van der Waals surface area (Å²) >= 11 is 0. The molecule has 1 heterocycles. The Morgan fingerprint density at radius 1 is 1.16 bits per heavy atom. The summed E-state index contributed by atoms with van der Waals surface area (Å²) in [5, 5.41) is 6.04. The van der Waals surface area contributed by atoms with Crippen LogP contribution in [0.5, 0.6) is 5.75 Å². The van der Waals surface area contributed by atoms with Crippen molar-refractivity contribution in [3.8, 4) is 5.75 Å². The fraction of sp³-hybridized carbons (Fsp3) is 0.278. The van der Waals surface area contributed by atoms with E-state index in [2.05, 4.69) is 15.4 Å². The Labute approximate surface area is 143 Å². The molecule has 2 atom stereocenters. The van der Waals surface area contributed by atoms with Crippen LogP contribution in [0.4, 0.5) is 18.9 Å². The third-order valence-corrected chi connectivity index (χ3v) is 4.14. The SMILES string of the molecule is CC1NCc2ccccc2C1C(=O)Nc1ccc(OC(F)(F)F)cc1. The lowest BCUT2D eigenvalue weighted by molar-refractivity contribution is -0.274. The first-order valence-corrected chi connectivity index (χ1v) is 7.81. The van der Waals surface area contributed by atoms with Crippen molar-refractivity contribution >= 4 is 11.6 Å². The van der Waals surface area contributed by atoms with Crippen molar-refractivity contribution in [2.75, 3.05) is 5.32 Å². The van der Waals surface area contributed by atoms with E-state index in [9.17, 15) is 18.0 Å². The second-order valence-electron chi connectivity index (χ2n) is 5.91. The molecule has 1 aliphatic heterocycles. The third-order valence-electron chi connectivity index (χ3n) is 4.14. The van der Waals surface area contributed by atoms with Gasteiger partial charge in [-0.15, -0.1) is 13.2 Å². The maximum Gasteiger partial charge on any atom is 0.573 e. The number of benzene rings is 2. The van der Waals surface area contributed by atoms with Crippen LogP contribution >= 0.6 is 0 Å². The number of carbonyl (C=O) groups is 1. The van der Waals surface area contributed by atoms with E-state index in [0.29, 0.717) is 12.2 Å². The number of hydrogen-bond acceptors (Lipinski definition) is 3. The Bertz CT molecular complexity index is 760. The summed E-state index contributed by atoms with van der Waals surface area (Å²) in [6.45, 7) is 2.63. The lowest BCUT2D eigenvalue weighted by atomic mass is 9.85. The summed E-state index contributed by atoms with van der Waals surface area (Å²) < 4.78 is 40.4. The van der Waals surface area contributed by atoms with Gasteiger partial charge in [-0.05, 0) is 42.3 Å². The van der Waals surface area contributed by atoms with Crippen LogP contribution < -0.4 is 15.4 Å². The Hall–Kier alpha value is -2.54. The molecule has 0 aliphatic carbocycles. The molecule has 2 aromatic carbocycles. The maximum absolute atomic E-state index is 12.7. The molecule has 7 heteroatoms. The topological polar surface area (TPSA) is 50.4 Å². The predicted octanol–water partition coefficient (Wildman–Crippen LogP) is 3.80. The Morgan fingerprint density at radius 2 is 1.84 bits per heavy atom. The fourth-order valence-corrected chi connectivity index (χ4v) is 2.98. The van der Waals surface area contributed by atoms with E-state index in [4.69, 9.17) is 0 Å². The summed E-state index contributed by atoms with van der Waals surface area (Å²) in [6.07, 6.45) is -4.74. The van der Waals surface area contributed by atoms with Gasteiger partial charge in [0.1, 0.15) is 5.75 Å². The number of carbonyl (C=O) groups excluding carboxylic acids is 1. The molecule has 132 valence electrons. The van der Waals surface area contributed by atoms with Crippen molar-refractivity contribution in [3.05, 3.63) is 59.7 Å². The van der Waals surface area contributed by atoms with Gasteiger partial charge in [0, 0.05) is 18.3 Å². The van der Waals surface area contributed by atoms with Gasteiger partial charge in [0.05, 0.1) is 5.92 Å². The number of nitrogens with one attached hydrogen (secondary N) is 2. The maximum atomic E-state index is 12.7. The fourth-order valence-electron chi connectivity index (χ4n) is 2.98. The summed E-state index contributed by atoms with van der Waals surface area (Å²) in [6, 6.07) is 12.7. The highest BCUT2D eigenvalue weighted by molar-refractivity contribution is 5.96. The summed E-state index contributed by atoms with van der Waals surface area (Å²) in [4.78, 5) is 12.7. The van der Waals surface area contributed by atoms with Crippen LogP contribution in [0.1, 0.15) is 24.0 Å². The number of anilines is 1. The minimum Gasteiger partial charge on any atom is -0.406 e. The largest absolute Gasteiger partial charge is 0.573 e. The molecule has 2 aromatic rings. The Balaban J connectivity index is 1.74. The molecule has 1 amide bonds. The van der Waals surface area contributed by atoms with Crippen molar-refractivity contribution in [2.45, 2.75) is 31.8 Å². The van der Waals surface area contributed by atoms with E-state index >= 15 is 0 Å². The van der Waals surface area contributed by atoms with Gasteiger partial charge in [-0.1, -0.05) is 24.3 Å². The highest BCUT2D eigenvalue weighted by Crippen LogP contribution is 2.30. The lowest BCUT2D eigenvalue weighted by Gasteiger charge is -2.31. The Kier molecular flexibility index (Phi) is 4.67. The molecule has 1 aliphatic rings. The highest BCUT2D eigenvalue weighted by Gasteiger charge is 2.32. The van der Waals surface area contributed by atoms with Crippen LogP contribution in [0.25, 0.3) is 0 Å². The number of ether oxygens (including phenoxy) is 1. The smallest absolute Gasteiger partial charge is 0.406 e. The molecular formula is C18H17F3N2O2. The summed E-state index contributed by atoms with van der Waals surface area (Å²) in [5.74, 6) is -0.920. The standard InChI is InChI=1S/C18H17F3N2O2/c1-11-16(15-5-3-2-4-12(15)10-22-11)17(24)23-13-6-8-14(9-7-13)25-18(19,20)21/h2-9,11,16,22H,10H2,1H3,(H,23,24). The second kappa shape index (κ2) is 6.76. The average Bonchev–Trinajstić information content (AvgIpc) is 2.55. The van der Waals surface area contributed by atoms with Gasteiger partial charge in [0.15, 0.2) is 0 Å². The molecule has 4 nitrogen and oxygen atoms in total. The van der Waals surface area contributed by atoms with E-state index in [1.165, 1.54) is 24.3 Å². The molecule has 0 radical (unpaired) electrons. The minimum absolute atomic E-state index is 0.0530. The van der Waals surface area contributed by atoms with E-state index in [1.807, 2.05) is 31.2 Å². The van der Waals surface area contributed by atoms with Crippen LogP contribution in [-0.4, -0.2) is 18.3 Å². The van der Waals surface area contributed by atoms with Gasteiger partial charge in [-0.2, -0.15) is 0 Å². The molecule has 2 N–H and O–H groups in total. The molecule has 0 bridgehead atoms. The van der Waals surface area contributed by atoms with Crippen molar-refractivity contribution in [3.63, 3.8) is 0 Å². The zero-order chi connectivity index (χ0) is 18.0. The van der Waals surface area contributed by atoms with Crippen LogP contribution in [0, 0.1) is 0 Å². The van der Waals surface area contributed by atoms with Crippen molar-refractivity contribution in [1.82, 2.24) is 5.32 Å². The van der Waals surface area contributed by atoms with Gasteiger partial charge in [0.25, 0.3) is 0 Å². The number of hydrogen-bond donors (Lipinski definition) is 2. The van der Waals surface area contributed by atoms with Crippen molar-refractivity contribution < 1.29 is 22.7 Å². The van der Waals surface area contributed by atoms with Gasteiger partial charge < -0.3 is 15.4 Å². The van der Waals surface area contributed by atoms with Crippen molar-refractivity contribution in [2.24, 2.45) is 0 Å². The minimum atomic E-state index is -4.74. The molecule has 0 spiro atoms. The van der Waals surface area contributed by atoms with E-state index in [-0.39, 0.29) is 23.6 Å². The number of amides is 1. The van der Waals surface area contributed by atoms with Gasteiger partial charge in [-0.3, -0.25) is 4.79 Å². The van der Waals surface area contributed by atoms with Crippen molar-refractivity contribution in [1.29, 1.82) is 0 Å². The third kappa shape index (κ3) is 4.11. The van der Waals surface area contributed by atoms with E-state index in [1.54, 1.807) is 0 Å². The molecule has 2 unspecified atom stereocenters. The molecule has 0 aromatic heterocycles. The molecule has 25 heavy (non-hydrogen) atoms. The predicted molar refractivity (Wildman–Crippen MR) is 87.2 cm³/mol.